The number of ether oxygens (including phenoxy) is 1. The van der Waals surface area contributed by atoms with E-state index in [-0.39, 0.29) is 44.8 Å². The maximum absolute atomic E-state index is 10.7. The fourth-order valence-corrected chi connectivity index (χ4v) is 5.12. The summed E-state index contributed by atoms with van der Waals surface area (Å²) in [6, 6.07) is 6.60. The van der Waals surface area contributed by atoms with Crippen LogP contribution in [-0.2, 0) is 49.6 Å². The molecule has 2 N–H and O–H groups in total. The number of benzene rings is 1. The second kappa shape index (κ2) is 38.6. The van der Waals surface area contributed by atoms with Gasteiger partial charge < -0.3 is 14.9 Å². The van der Waals surface area contributed by atoms with E-state index in [9.17, 15) is 9.59 Å². The summed E-state index contributed by atoms with van der Waals surface area (Å²) in [6.45, 7) is 5.23. The van der Waals surface area contributed by atoms with Crippen LogP contribution in [0.2, 0.25) is 0 Å². The summed E-state index contributed by atoms with van der Waals surface area (Å²) in [4.78, 5) is 21.1. The summed E-state index contributed by atoms with van der Waals surface area (Å²) in [5.41, 5.74) is 0.297. The van der Waals surface area contributed by atoms with Crippen LogP contribution in [0.15, 0.2) is 24.3 Å². The van der Waals surface area contributed by atoms with Crippen LogP contribution in [0, 0.1) is 0 Å². The van der Waals surface area contributed by atoms with Crippen LogP contribution < -0.4 is 4.74 Å². The molecule has 1 aromatic rings. The third-order valence-corrected chi connectivity index (χ3v) is 7.86. The van der Waals surface area contributed by atoms with Crippen LogP contribution >= 0.6 is 0 Å². The molecule has 0 bridgehead atoms. The van der Waals surface area contributed by atoms with Crippen molar-refractivity contribution >= 4 is 11.9 Å². The first-order valence-corrected chi connectivity index (χ1v) is 17.7. The van der Waals surface area contributed by atoms with Crippen LogP contribution in [0.4, 0.5) is 0 Å². The molecule has 44 heavy (non-hydrogen) atoms. The molecule has 0 heterocycles. The Morgan fingerprint density at radius 1 is 0.500 bits per heavy atom. The quantitative estimate of drug-likeness (QED) is 0.0622. The van der Waals surface area contributed by atoms with E-state index in [2.05, 4.69) is 13.8 Å². The molecule has 0 amide bonds. The first kappa shape index (κ1) is 47.8. The smallest absolute Gasteiger partial charge is 0.335 e. The van der Waals surface area contributed by atoms with E-state index in [0.29, 0.717) is 18.6 Å². The number of unbranched alkanes of at least 4 members (excludes halogenated alkanes) is 23. The summed E-state index contributed by atoms with van der Waals surface area (Å²) in [7, 11) is 0. The molecule has 266 valence electrons. The summed E-state index contributed by atoms with van der Waals surface area (Å²) >= 11 is 0. The van der Waals surface area contributed by atoms with Crippen molar-refractivity contribution in [2.24, 2.45) is 0 Å². The fraction of sp³-hybridized carbons (Fsp3) is 0.784. The van der Waals surface area contributed by atoms with Gasteiger partial charge in [0.15, 0.2) is 0 Å². The van der Waals surface area contributed by atoms with Gasteiger partial charge in [-0.05, 0) is 37.1 Å². The molecular formula is C37H66Ag2O5. The molecule has 0 aliphatic carbocycles. The summed E-state index contributed by atoms with van der Waals surface area (Å²) < 4.78 is 5.62. The Bertz CT molecular complexity index is 727. The van der Waals surface area contributed by atoms with Gasteiger partial charge in [0, 0.05) is 51.2 Å². The second-order valence-corrected chi connectivity index (χ2v) is 12.0. The molecule has 1 aromatic carbocycles. The Balaban J connectivity index is -0.000000735. The Morgan fingerprint density at radius 3 is 1.14 bits per heavy atom. The van der Waals surface area contributed by atoms with E-state index in [1.807, 2.05) is 0 Å². The van der Waals surface area contributed by atoms with Crippen LogP contribution in [0.5, 0.6) is 5.75 Å². The molecule has 0 spiro atoms. The number of aromatic carboxylic acids is 1. The molecule has 1 rings (SSSR count). The Labute approximate surface area is 302 Å². The van der Waals surface area contributed by atoms with Crippen molar-refractivity contribution in [3.63, 3.8) is 0 Å². The van der Waals surface area contributed by atoms with E-state index in [0.717, 1.165) is 25.0 Å². The van der Waals surface area contributed by atoms with Gasteiger partial charge in [-0.3, -0.25) is 4.79 Å². The van der Waals surface area contributed by atoms with Crippen LogP contribution in [0.1, 0.15) is 191 Å². The number of aliphatic carboxylic acids is 1. The van der Waals surface area contributed by atoms with Gasteiger partial charge in [0.25, 0.3) is 0 Å². The normalized spacial score (nSPS) is 10.2. The molecule has 0 saturated heterocycles. The average Bonchev–Trinajstić information content (AvgIpc) is 2.98. The van der Waals surface area contributed by atoms with Crippen molar-refractivity contribution in [1.82, 2.24) is 0 Å². The molecule has 0 saturated carbocycles. The van der Waals surface area contributed by atoms with Crippen LogP contribution in [-0.4, -0.2) is 28.8 Å². The minimum Gasteiger partial charge on any atom is -0.494 e. The fourth-order valence-electron chi connectivity index (χ4n) is 5.12. The molecule has 7 heteroatoms. The predicted octanol–water partition coefficient (Wildman–Crippen LogP) is 12.0. The Hall–Kier alpha value is -0.559. The molecule has 0 aromatic heterocycles. The molecular weight excluding hydrogens is 740 g/mol. The zero-order chi connectivity index (χ0) is 30.9. The number of rotatable bonds is 29. The summed E-state index contributed by atoms with van der Waals surface area (Å²) in [5.74, 6) is -0.804. The Morgan fingerprint density at radius 2 is 0.818 bits per heavy atom. The third kappa shape index (κ3) is 35.9. The molecule has 0 aliphatic rings. The van der Waals surface area contributed by atoms with Gasteiger partial charge >= 0.3 is 11.9 Å². The predicted molar refractivity (Wildman–Crippen MR) is 178 cm³/mol. The van der Waals surface area contributed by atoms with Crippen molar-refractivity contribution in [2.45, 2.75) is 181 Å². The van der Waals surface area contributed by atoms with Gasteiger partial charge in [-0.25, -0.2) is 4.79 Å². The monoisotopic (exact) mass is 804 g/mol. The van der Waals surface area contributed by atoms with Crippen molar-refractivity contribution in [3.8, 4) is 5.75 Å². The van der Waals surface area contributed by atoms with Gasteiger partial charge in [0.1, 0.15) is 5.75 Å². The Kier molecular flexibility index (Phi) is 42.0. The standard InChI is InChI=1S/C19H30O3.C18H36O2.2Ag/c1-2-3-4-5-6-7-8-9-10-11-16-22-18-14-12-17(13-15-18)19(20)21;1-2-3-4-5-6-7-8-9-10-11-12-13-14-15-16-17-18(19)20;;/h12-15H,2-11,16H2,1H3,(H,20,21);2-17H2,1H3,(H,19,20);;. The number of carbonyl (C=O) groups is 2. The summed E-state index contributed by atoms with van der Waals surface area (Å²) in [6.07, 6.45) is 33.3. The van der Waals surface area contributed by atoms with E-state index < -0.39 is 11.9 Å². The largest absolute Gasteiger partial charge is 0.494 e. The SMILES string of the molecule is CCCCCCCCCCCCCCCCCC(=O)O.CCCCCCCCCCCCOc1ccc(C(=O)O)cc1.[Ag].[Ag]. The van der Waals surface area contributed by atoms with E-state index in [1.54, 1.807) is 24.3 Å². The topological polar surface area (TPSA) is 83.8 Å². The number of carboxylic acids is 2. The van der Waals surface area contributed by atoms with Gasteiger partial charge in [-0.1, -0.05) is 162 Å². The van der Waals surface area contributed by atoms with E-state index >= 15 is 0 Å². The van der Waals surface area contributed by atoms with Gasteiger partial charge in [0.2, 0.25) is 0 Å². The van der Waals surface area contributed by atoms with Crippen LogP contribution in [0.3, 0.4) is 0 Å². The first-order valence-electron chi connectivity index (χ1n) is 17.7. The molecule has 2 radical (unpaired) electrons. The zero-order valence-corrected chi connectivity index (χ0v) is 31.1. The summed E-state index contributed by atoms with van der Waals surface area (Å²) in [5, 5.41) is 17.3. The van der Waals surface area contributed by atoms with Crippen molar-refractivity contribution in [3.05, 3.63) is 29.8 Å². The van der Waals surface area contributed by atoms with Gasteiger partial charge in [0.05, 0.1) is 12.2 Å². The molecule has 5 nitrogen and oxygen atoms in total. The maximum Gasteiger partial charge on any atom is 0.335 e. The average molecular weight is 807 g/mol. The number of hydrogen-bond donors (Lipinski definition) is 2. The van der Waals surface area contributed by atoms with Gasteiger partial charge in [-0.15, -0.1) is 0 Å². The number of carboxylic acid groups (broad SMARTS) is 2. The minimum absolute atomic E-state index is 0. The van der Waals surface area contributed by atoms with Gasteiger partial charge in [-0.2, -0.15) is 0 Å². The molecule has 0 atom stereocenters. The molecule has 0 fully saturated rings. The maximum atomic E-state index is 10.7. The van der Waals surface area contributed by atoms with E-state index in [1.165, 1.54) is 141 Å². The zero-order valence-electron chi connectivity index (χ0n) is 28.1. The second-order valence-electron chi connectivity index (χ2n) is 12.0. The van der Waals surface area contributed by atoms with Crippen molar-refractivity contribution in [1.29, 1.82) is 0 Å². The first-order chi connectivity index (χ1) is 20.5. The van der Waals surface area contributed by atoms with Crippen molar-refractivity contribution in [2.75, 3.05) is 6.61 Å². The molecule has 0 unspecified atom stereocenters. The minimum atomic E-state index is -0.902. The number of hydrogen-bond acceptors (Lipinski definition) is 3. The van der Waals surface area contributed by atoms with Crippen molar-refractivity contribution < 1.29 is 69.3 Å². The van der Waals surface area contributed by atoms with Crippen LogP contribution in [0.25, 0.3) is 0 Å². The molecule has 0 aliphatic heterocycles. The third-order valence-electron chi connectivity index (χ3n) is 7.86. The van der Waals surface area contributed by atoms with E-state index in [4.69, 9.17) is 14.9 Å².